The molecule has 0 aliphatic carbocycles. The number of aromatic nitrogens is 3. The van der Waals surface area contributed by atoms with E-state index >= 15 is 0 Å². The summed E-state index contributed by atoms with van der Waals surface area (Å²) in [7, 11) is 0. The molecule has 0 aliphatic rings. The highest BCUT2D eigenvalue weighted by Crippen LogP contribution is 2.12. The van der Waals surface area contributed by atoms with Crippen molar-refractivity contribution in [1.29, 1.82) is 0 Å². The van der Waals surface area contributed by atoms with Crippen molar-refractivity contribution < 1.29 is 9.30 Å². The van der Waals surface area contributed by atoms with Gasteiger partial charge in [-0.2, -0.15) is 4.57 Å². The molecule has 1 N–H and O–H groups in total. The first-order valence-electron chi connectivity index (χ1n) is 8.07. The minimum absolute atomic E-state index is 0.587. The van der Waals surface area contributed by atoms with Gasteiger partial charge in [0.15, 0.2) is 12.4 Å². The maximum Gasteiger partial charge on any atom is 0.252 e. The van der Waals surface area contributed by atoms with E-state index in [1.807, 2.05) is 41.4 Å². The molecule has 0 unspecified atom stereocenters. The molecule has 2 heterocycles. The van der Waals surface area contributed by atoms with Crippen molar-refractivity contribution in [3.63, 3.8) is 0 Å². The third-order valence-electron chi connectivity index (χ3n) is 3.72. The van der Waals surface area contributed by atoms with Gasteiger partial charge in [0.05, 0.1) is 30.6 Å². The van der Waals surface area contributed by atoms with E-state index in [2.05, 4.69) is 40.1 Å². The van der Waals surface area contributed by atoms with Gasteiger partial charge < -0.3 is 14.6 Å². The first-order chi connectivity index (χ1) is 11.4. The first kappa shape index (κ1) is 15.5. The summed E-state index contributed by atoms with van der Waals surface area (Å²) in [5, 5.41) is 3.43. The van der Waals surface area contributed by atoms with Crippen molar-refractivity contribution in [2.24, 2.45) is 0 Å². The summed E-state index contributed by atoms with van der Waals surface area (Å²) >= 11 is 0. The number of pyridine rings is 1. The lowest BCUT2D eigenvalue weighted by Gasteiger charge is -2.07. The van der Waals surface area contributed by atoms with E-state index in [1.165, 1.54) is 0 Å². The predicted molar refractivity (Wildman–Crippen MR) is 90.9 cm³/mol. The Balaban J connectivity index is 1.59. The number of imidazole rings is 1. The summed E-state index contributed by atoms with van der Waals surface area (Å²) in [6.45, 7) is 4.24. The molecule has 2 aromatic heterocycles. The molecule has 0 bridgehead atoms. The fraction of sp³-hybridized carbons (Fsp3) is 0.333. The Morgan fingerprint density at radius 2 is 2.13 bits per heavy atom. The average molecular weight is 311 g/mol. The van der Waals surface area contributed by atoms with Crippen LogP contribution in [0.1, 0.15) is 19.8 Å². The van der Waals surface area contributed by atoms with Crippen molar-refractivity contribution >= 4 is 16.7 Å². The van der Waals surface area contributed by atoms with Crippen molar-refractivity contribution in [3.05, 3.63) is 55.1 Å². The van der Waals surface area contributed by atoms with E-state index in [-0.39, 0.29) is 0 Å². The van der Waals surface area contributed by atoms with E-state index in [0.29, 0.717) is 13.4 Å². The van der Waals surface area contributed by atoms with Crippen molar-refractivity contribution in [3.8, 4) is 0 Å². The average Bonchev–Trinajstić information content (AvgIpc) is 3.01. The number of hydrogen-bond acceptors (Lipinski definition) is 3. The maximum absolute atomic E-state index is 5.64. The van der Waals surface area contributed by atoms with Crippen LogP contribution in [0.2, 0.25) is 0 Å². The van der Waals surface area contributed by atoms with Crippen LogP contribution < -0.4 is 9.88 Å². The largest absolute Gasteiger partial charge is 0.363 e. The lowest BCUT2D eigenvalue weighted by molar-refractivity contribution is -0.732. The second kappa shape index (κ2) is 7.74. The minimum atomic E-state index is 0.587. The number of ether oxygens (including phenoxy) is 1. The van der Waals surface area contributed by atoms with Crippen LogP contribution in [0.15, 0.2) is 55.1 Å². The van der Waals surface area contributed by atoms with Gasteiger partial charge in [0.2, 0.25) is 0 Å². The van der Waals surface area contributed by atoms with Crippen LogP contribution in [0.25, 0.3) is 11.0 Å². The van der Waals surface area contributed by atoms with Gasteiger partial charge in [-0.25, -0.2) is 4.98 Å². The van der Waals surface area contributed by atoms with E-state index in [9.17, 15) is 0 Å². The SMILES string of the molecule is CCCCOC[n+]1cccc(NCn2cnc3ccccc32)c1. The molecule has 5 nitrogen and oxygen atoms in total. The Morgan fingerprint density at radius 3 is 3.04 bits per heavy atom. The normalized spacial score (nSPS) is 11.0. The highest BCUT2D eigenvalue weighted by atomic mass is 16.5. The van der Waals surface area contributed by atoms with Gasteiger partial charge in [-0.05, 0) is 24.6 Å². The Labute approximate surface area is 136 Å². The van der Waals surface area contributed by atoms with Gasteiger partial charge in [0.1, 0.15) is 5.69 Å². The zero-order chi connectivity index (χ0) is 15.9. The first-order valence-corrected chi connectivity index (χ1v) is 8.07. The zero-order valence-corrected chi connectivity index (χ0v) is 13.5. The number of nitrogens with zero attached hydrogens (tertiary/aromatic N) is 3. The molecule has 0 saturated heterocycles. The number of benzene rings is 1. The standard InChI is InChI=1S/C18H23N4O/c1-2-3-11-23-15-21-10-6-7-16(12-21)19-13-22-14-20-17-8-4-5-9-18(17)22/h4-10,12,14,19H,2-3,11,13,15H2,1H3/q+1. The molecular weight excluding hydrogens is 288 g/mol. The lowest BCUT2D eigenvalue weighted by atomic mass is 10.3. The van der Waals surface area contributed by atoms with Crippen LogP contribution in [-0.2, 0) is 18.1 Å². The van der Waals surface area contributed by atoms with E-state index < -0.39 is 0 Å². The van der Waals surface area contributed by atoms with Crippen LogP contribution in [0.5, 0.6) is 0 Å². The molecule has 5 heteroatoms. The Hall–Kier alpha value is -2.40. The van der Waals surface area contributed by atoms with E-state index in [1.54, 1.807) is 0 Å². The molecule has 0 atom stereocenters. The molecule has 1 aromatic carbocycles. The topological polar surface area (TPSA) is 43.0 Å². The molecule has 0 spiro atoms. The smallest absolute Gasteiger partial charge is 0.252 e. The summed E-state index contributed by atoms with van der Waals surface area (Å²) in [6.07, 6.45) is 8.20. The second-order valence-electron chi connectivity index (χ2n) is 5.54. The van der Waals surface area contributed by atoms with Gasteiger partial charge in [0, 0.05) is 6.07 Å². The summed E-state index contributed by atoms with van der Waals surface area (Å²) < 4.78 is 9.79. The number of rotatable bonds is 8. The zero-order valence-electron chi connectivity index (χ0n) is 13.5. The number of fused-ring (bicyclic) bond motifs is 1. The third kappa shape index (κ3) is 4.07. The van der Waals surface area contributed by atoms with Crippen molar-refractivity contribution in [1.82, 2.24) is 9.55 Å². The number of nitrogens with one attached hydrogen (secondary N) is 1. The van der Waals surface area contributed by atoms with Crippen LogP contribution >= 0.6 is 0 Å². The number of anilines is 1. The molecule has 0 amide bonds. The number of hydrogen-bond donors (Lipinski definition) is 1. The van der Waals surface area contributed by atoms with Crippen LogP contribution in [0, 0.1) is 0 Å². The Bertz CT molecular complexity index is 753. The number of para-hydroxylation sites is 2. The molecule has 3 rings (SSSR count). The highest BCUT2D eigenvalue weighted by Gasteiger charge is 2.04. The molecule has 0 fully saturated rings. The molecule has 3 aromatic rings. The summed E-state index contributed by atoms with van der Waals surface area (Å²) in [5.41, 5.74) is 3.21. The summed E-state index contributed by atoms with van der Waals surface area (Å²) in [6, 6.07) is 12.2. The molecule has 0 radical (unpaired) electrons. The number of unbranched alkanes of at least 4 members (excludes halogenated alkanes) is 1. The fourth-order valence-electron chi connectivity index (χ4n) is 2.44. The van der Waals surface area contributed by atoms with Crippen LogP contribution in [-0.4, -0.2) is 16.2 Å². The lowest BCUT2D eigenvalue weighted by Crippen LogP contribution is -2.34. The van der Waals surface area contributed by atoms with Gasteiger partial charge in [-0.1, -0.05) is 25.5 Å². The van der Waals surface area contributed by atoms with Crippen LogP contribution in [0.4, 0.5) is 5.69 Å². The predicted octanol–water partition coefficient (Wildman–Crippen LogP) is 3.17. The molecule has 23 heavy (non-hydrogen) atoms. The Kier molecular flexibility index (Phi) is 5.21. The van der Waals surface area contributed by atoms with E-state index in [4.69, 9.17) is 4.74 Å². The Morgan fingerprint density at radius 1 is 1.22 bits per heavy atom. The minimum Gasteiger partial charge on any atom is -0.363 e. The molecular formula is C18H23N4O+. The van der Waals surface area contributed by atoms with Crippen LogP contribution in [0.3, 0.4) is 0 Å². The second-order valence-corrected chi connectivity index (χ2v) is 5.54. The van der Waals surface area contributed by atoms with E-state index in [0.717, 1.165) is 36.2 Å². The molecule has 0 saturated carbocycles. The summed E-state index contributed by atoms with van der Waals surface area (Å²) in [5.74, 6) is 0. The molecule has 0 aliphatic heterocycles. The van der Waals surface area contributed by atoms with Crippen molar-refractivity contribution in [2.75, 3.05) is 11.9 Å². The third-order valence-corrected chi connectivity index (χ3v) is 3.72. The highest BCUT2D eigenvalue weighted by molar-refractivity contribution is 5.74. The van der Waals surface area contributed by atoms with Gasteiger partial charge in [0.25, 0.3) is 6.73 Å². The van der Waals surface area contributed by atoms with Crippen molar-refractivity contribution in [2.45, 2.75) is 33.2 Å². The summed E-state index contributed by atoms with van der Waals surface area (Å²) in [4.78, 5) is 4.40. The van der Waals surface area contributed by atoms with Gasteiger partial charge in [-0.3, -0.25) is 0 Å². The quantitative estimate of drug-likeness (QED) is 0.513. The monoisotopic (exact) mass is 311 g/mol. The maximum atomic E-state index is 5.64. The van der Waals surface area contributed by atoms with Gasteiger partial charge in [-0.15, -0.1) is 0 Å². The van der Waals surface area contributed by atoms with Gasteiger partial charge >= 0.3 is 0 Å². The fourth-order valence-corrected chi connectivity index (χ4v) is 2.44. The molecule has 120 valence electrons.